The summed E-state index contributed by atoms with van der Waals surface area (Å²) in [6.07, 6.45) is 2.05. The average Bonchev–Trinajstić information content (AvgIpc) is 2.27. The molecule has 0 radical (unpaired) electrons. The molecule has 1 N–H and O–H groups in total. The summed E-state index contributed by atoms with van der Waals surface area (Å²) in [4.78, 5) is 15.6. The summed E-state index contributed by atoms with van der Waals surface area (Å²) in [6.45, 7) is 0. The summed E-state index contributed by atoms with van der Waals surface area (Å²) in [5.74, 6) is 0.680. The Morgan fingerprint density at radius 3 is 3.27 bits per heavy atom. The highest BCUT2D eigenvalue weighted by atomic mass is 32.1. The lowest BCUT2D eigenvalue weighted by Gasteiger charge is -1.95. The van der Waals surface area contributed by atoms with Crippen molar-refractivity contribution in [2.45, 2.75) is 11.3 Å². The van der Waals surface area contributed by atoms with Crippen molar-refractivity contribution in [3.05, 3.63) is 17.8 Å². The van der Waals surface area contributed by atoms with Crippen LogP contribution in [0.4, 0.5) is 5.82 Å². The Balaban J connectivity index is 2.51. The normalized spacial score (nSPS) is 14.5. The summed E-state index contributed by atoms with van der Waals surface area (Å²) in [5.41, 5.74) is 0.933. The molecule has 0 fully saturated rings. The summed E-state index contributed by atoms with van der Waals surface area (Å²) in [6, 6.07) is 1.85. The van der Waals surface area contributed by atoms with Gasteiger partial charge in [-0.05, 0) is 6.07 Å². The van der Waals surface area contributed by atoms with Crippen molar-refractivity contribution in [1.29, 1.82) is 0 Å². The molecule has 11 heavy (non-hydrogen) atoms. The average molecular weight is 166 g/mol. The summed E-state index contributed by atoms with van der Waals surface area (Å²) < 4.78 is 0. The van der Waals surface area contributed by atoms with E-state index in [1.165, 1.54) is 0 Å². The standard InChI is InChI=1S/C7H6N2OS/c10-6-2-4-1-5(11)3-8-7(4)9-6/h1,3,11H,2H2,(H,8,9,10). The second-order valence-electron chi connectivity index (χ2n) is 2.43. The number of carbonyl (C=O) groups is 1. The molecule has 1 aromatic heterocycles. The maximum Gasteiger partial charge on any atom is 0.230 e. The number of thiol groups is 1. The van der Waals surface area contributed by atoms with Crippen LogP contribution in [0.15, 0.2) is 17.2 Å². The monoisotopic (exact) mass is 166 g/mol. The first kappa shape index (κ1) is 6.67. The van der Waals surface area contributed by atoms with Crippen molar-refractivity contribution in [3.8, 4) is 0 Å². The molecule has 1 amide bonds. The largest absolute Gasteiger partial charge is 0.310 e. The van der Waals surface area contributed by atoms with Gasteiger partial charge in [-0.3, -0.25) is 4.79 Å². The van der Waals surface area contributed by atoms with E-state index in [1.54, 1.807) is 6.20 Å². The quantitative estimate of drug-likeness (QED) is 0.561. The van der Waals surface area contributed by atoms with Gasteiger partial charge in [0.25, 0.3) is 0 Å². The lowest BCUT2D eigenvalue weighted by molar-refractivity contribution is -0.115. The number of hydrogen-bond donors (Lipinski definition) is 2. The van der Waals surface area contributed by atoms with Crippen LogP contribution in [0.1, 0.15) is 5.56 Å². The minimum Gasteiger partial charge on any atom is -0.310 e. The third kappa shape index (κ3) is 1.09. The van der Waals surface area contributed by atoms with Crippen molar-refractivity contribution in [1.82, 2.24) is 4.98 Å². The molecule has 0 spiro atoms. The molecule has 2 heterocycles. The van der Waals surface area contributed by atoms with E-state index < -0.39 is 0 Å². The third-order valence-electron chi connectivity index (χ3n) is 1.56. The van der Waals surface area contributed by atoms with Gasteiger partial charge < -0.3 is 5.32 Å². The first-order valence-electron chi connectivity index (χ1n) is 3.23. The Labute approximate surface area is 69.2 Å². The zero-order chi connectivity index (χ0) is 7.84. The second kappa shape index (κ2) is 2.23. The highest BCUT2D eigenvalue weighted by Gasteiger charge is 2.17. The molecule has 0 bridgehead atoms. The van der Waals surface area contributed by atoms with Gasteiger partial charge in [-0.2, -0.15) is 0 Å². The van der Waals surface area contributed by atoms with Gasteiger partial charge in [0, 0.05) is 16.7 Å². The van der Waals surface area contributed by atoms with E-state index in [0.717, 1.165) is 10.5 Å². The first-order valence-corrected chi connectivity index (χ1v) is 3.68. The van der Waals surface area contributed by atoms with Gasteiger partial charge in [0.1, 0.15) is 5.82 Å². The number of nitrogens with one attached hydrogen (secondary N) is 1. The molecule has 1 aliphatic rings. The molecule has 3 nitrogen and oxygen atoms in total. The van der Waals surface area contributed by atoms with E-state index in [0.29, 0.717) is 12.2 Å². The number of hydrogen-bond acceptors (Lipinski definition) is 3. The first-order chi connectivity index (χ1) is 5.25. The number of carbonyl (C=O) groups excluding carboxylic acids is 1. The minimum absolute atomic E-state index is 0.00596. The van der Waals surface area contributed by atoms with Crippen molar-refractivity contribution < 1.29 is 4.79 Å². The molecule has 2 rings (SSSR count). The van der Waals surface area contributed by atoms with Crippen LogP contribution in [0.5, 0.6) is 0 Å². The molecule has 0 unspecified atom stereocenters. The Bertz CT molecular complexity index is 324. The minimum atomic E-state index is 0.00596. The lowest BCUT2D eigenvalue weighted by atomic mass is 10.2. The maximum absolute atomic E-state index is 10.8. The van der Waals surface area contributed by atoms with Crippen LogP contribution in [0.25, 0.3) is 0 Å². The van der Waals surface area contributed by atoms with E-state index >= 15 is 0 Å². The molecular weight excluding hydrogens is 160 g/mol. The molecule has 0 saturated carbocycles. The molecule has 4 heteroatoms. The zero-order valence-corrected chi connectivity index (χ0v) is 6.56. The Morgan fingerprint density at radius 2 is 2.45 bits per heavy atom. The number of aromatic nitrogens is 1. The van der Waals surface area contributed by atoms with Crippen LogP contribution in [-0.2, 0) is 11.2 Å². The van der Waals surface area contributed by atoms with Crippen LogP contribution >= 0.6 is 12.6 Å². The van der Waals surface area contributed by atoms with Crippen LogP contribution in [0.3, 0.4) is 0 Å². The fraction of sp³-hybridized carbons (Fsp3) is 0.143. The molecule has 56 valence electrons. The summed E-state index contributed by atoms with van der Waals surface area (Å²) in [5, 5.41) is 2.64. The smallest absolute Gasteiger partial charge is 0.230 e. The van der Waals surface area contributed by atoms with E-state index in [-0.39, 0.29) is 5.91 Å². The Kier molecular flexibility index (Phi) is 1.35. The number of fused-ring (bicyclic) bond motifs is 1. The van der Waals surface area contributed by atoms with Gasteiger partial charge >= 0.3 is 0 Å². The maximum atomic E-state index is 10.8. The van der Waals surface area contributed by atoms with Gasteiger partial charge in [0.15, 0.2) is 0 Å². The number of nitrogens with zero attached hydrogens (tertiary/aromatic N) is 1. The molecule has 1 aliphatic heterocycles. The van der Waals surface area contributed by atoms with Crippen molar-refractivity contribution in [3.63, 3.8) is 0 Å². The molecule has 0 aliphatic carbocycles. The third-order valence-corrected chi connectivity index (χ3v) is 1.81. The Hall–Kier alpha value is -1.03. The van der Waals surface area contributed by atoms with E-state index in [9.17, 15) is 4.79 Å². The van der Waals surface area contributed by atoms with Crippen LogP contribution in [0, 0.1) is 0 Å². The summed E-state index contributed by atoms with van der Waals surface area (Å²) in [7, 11) is 0. The van der Waals surface area contributed by atoms with Crippen molar-refractivity contribution in [2.24, 2.45) is 0 Å². The number of pyridine rings is 1. The molecule has 0 saturated heterocycles. The van der Waals surface area contributed by atoms with Gasteiger partial charge in [-0.15, -0.1) is 12.6 Å². The Morgan fingerprint density at radius 1 is 1.64 bits per heavy atom. The highest BCUT2D eigenvalue weighted by molar-refractivity contribution is 7.80. The topological polar surface area (TPSA) is 42.0 Å². The van der Waals surface area contributed by atoms with Gasteiger partial charge in [-0.1, -0.05) is 0 Å². The van der Waals surface area contributed by atoms with Gasteiger partial charge in [0.2, 0.25) is 5.91 Å². The number of anilines is 1. The van der Waals surface area contributed by atoms with Crippen LogP contribution in [-0.4, -0.2) is 10.9 Å². The van der Waals surface area contributed by atoms with E-state index in [2.05, 4.69) is 22.9 Å². The highest BCUT2D eigenvalue weighted by Crippen LogP contribution is 2.21. The van der Waals surface area contributed by atoms with Crippen molar-refractivity contribution >= 4 is 24.4 Å². The fourth-order valence-electron chi connectivity index (χ4n) is 1.09. The van der Waals surface area contributed by atoms with Gasteiger partial charge in [0.05, 0.1) is 6.42 Å². The molecular formula is C7H6N2OS. The molecule has 0 atom stereocenters. The lowest BCUT2D eigenvalue weighted by Crippen LogP contribution is -2.04. The molecule has 0 aromatic carbocycles. The van der Waals surface area contributed by atoms with Crippen LogP contribution < -0.4 is 5.32 Å². The second-order valence-corrected chi connectivity index (χ2v) is 2.94. The van der Waals surface area contributed by atoms with E-state index in [4.69, 9.17) is 0 Å². The zero-order valence-electron chi connectivity index (χ0n) is 5.66. The fourth-order valence-corrected chi connectivity index (χ4v) is 1.31. The van der Waals surface area contributed by atoms with Crippen LogP contribution in [0.2, 0.25) is 0 Å². The number of amides is 1. The predicted octanol–water partition coefficient (Wildman–Crippen LogP) is 0.865. The SMILES string of the molecule is O=C1Cc2cc(S)cnc2N1. The van der Waals surface area contributed by atoms with Crippen molar-refractivity contribution in [2.75, 3.05) is 5.32 Å². The molecule has 1 aromatic rings. The summed E-state index contributed by atoms with van der Waals surface area (Å²) >= 11 is 4.11. The van der Waals surface area contributed by atoms with E-state index in [1.807, 2.05) is 6.07 Å². The van der Waals surface area contributed by atoms with Gasteiger partial charge in [-0.25, -0.2) is 4.98 Å². The number of rotatable bonds is 0. The predicted molar refractivity (Wildman–Crippen MR) is 43.8 cm³/mol.